The van der Waals surface area contributed by atoms with Gasteiger partial charge in [0.25, 0.3) is 0 Å². The van der Waals surface area contributed by atoms with E-state index in [2.05, 4.69) is 0 Å². The van der Waals surface area contributed by atoms with Crippen molar-refractivity contribution in [2.45, 2.75) is 40.2 Å². The standard InChI is InChI=1S/C8H15NO3.C2H6/c1-8(2,3)12-7(11)9(4)5-6-10;1-2/h6H,5H2,1-4H3;1-2H3. The second-order valence-electron chi connectivity index (χ2n) is 3.53. The van der Waals surface area contributed by atoms with Gasteiger partial charge in [-0.25, -0.2) is 4.79 Å². The van der Waals surface area contributed by atoms with Gasteiger partial charge in [0.15, 0.2) is 0 Å². The molecule has 0 aromatic heterocycles. The quantitative estimate of drug-likeness (QED) is 0.645. The molecule has 0 atom stereocenters. The third-order valence-electron chi connectivity index (χ3n) is 1.05. The molecule has 1 amide bonds. The average Bonchev–Trinajstić information content (AvgIpc) is 2.05. The third-order valence-corrected chi connectivity index (χ3v) is 1.05. The van der Waals surface area contributed by atoms with Crippen LogP contribution in [0.1, 0.15) is 34.6 Å². The van der Waals surface area contributed by atoms with Crippen molar-refractivity contribution in [2.24, 2.45) is 0 Å². The smallest absolute Gasteiger partial charge is 0.410 e. The molecule has 0 saturated heterocycles. The Hall–Kier alpha value is -1.06. The van der Waals surface area contributed by atoms with Crippen LogP contribution in [-0.2, 0) is 9.53 Å². The van der Waals surface area contributed by atoms with Gasteiger partial charge < -0.3 is 14.4 Å². The maximum atomic E-state index is 11.1. The largest absolute Gasteiger partial charge is 0.444 e. The Kier molecular flexibility index (Phi) is 8.10. The van der Waals surface area contributed by atoms with Crippen LogP contribution in [0.5, 0.6) is 0 Å². The lowest BCUT2D eigenvalue weighted by atomic mass is 10.2. The van der Waals surface area contributed by atoms with E-state index in [-0.39, 0.29) is 6.54 Å². The van der Waals surface area contributed by atoms with E-state index in [4.69, 9.17) is 4.74 Å². The van der Waals surface area contributed by atoms with E-state index < -0.39 is 11.7 Å². The number of amides is 1. The van der Waals surface area contributed by atoms with Gasteiger partial charge in [0, 0.05) is 7.05 Å². The zero-order valence-electron chi connectivity index (χ0n) is 9.96. The molecule has 0 aliphatic heterocycles. The fourth-order valence-electron chi connectivity index (χ4n) is 0.526. The van der Waals surface area contributed by atoms with E-state index in [1.54, 1.807) is 20.8 Å². The Bertz CT molecular complexity index is 173. The van der Waals surface area contributed by atoms with E-state index in [1.165, 1.54) is 11.9 Å². The van der Waals surface area contributed by atoms with Gasteiger partial charge >= 0.3 is 6.09 Å². The molecule has 4 heteroatoms. The second-order valence-corrected chi connectivity index (χ2v) is 3.53. The molecule has 0 unspecified atom stereocenters. The van der Waals surface area contributed by atoms with Gasteiger partial charge in [-0.05, 0) is 20.8 Å². The number of likely N-dealkylation sites (N-methyl/N-ethyl adjacent to an activating group) is 1. The van der Waals surface area contributed by atoms with Crippen molar-refractivity contribution in [3.8, 4) is 0 Å². The summed E-state index contributed by atoms with van der Waals surface area (Å²) in [6.07, 6.45) is 0.179. The van der Waals surface area contributed by atoms with Crippen molar-refractivity contribution >= 4 is 12.4 Å². The summed E-state index contributed by atoms with van der Waals surface area (Å²) in [5.74, 6) is 0. The molecule has 0 radical (unpaired) electrons. The molecule has 0 aliphatic rings. The highest BCUT2D eigenvalue weighted by molar-refractivity contribution is 5.71. The molecule has 0 aromatic carbocycles. The molecular weight excluding hydrogens is 182 g/mol. The molecule has 0 rings (SSSR count). The zero-order valence-corrected chi connectivity index (χ0v) is 9.96. The number of hydrogen-bond acceptors (Lipinski definition) is 3. The van der Waals surface area contributed by atoms with Crippen molar-refractivity contribution in [2.75, 3.05) is 13.6 Å². The molecule has 4 nitrogen and oxygen atoms in total. The molecule has 0 saturated carbocycles. The molecule has 0 N–H and O–H groups in total. The number of nitrogens with zero attached hydrogens (tertiary/aromatic N) is 1. The highest BCUT2D eigenvalue weighted by Gasteiger charge is 2.18. The van der Waals surface area contributed by atoms with Gasteiger partial charge in [0.2, 0.25) is 0 Å². The number of hydrogen-bond donors (Lipinski definition) is 0. The highest BCUT2D eigenvalue weighted by Crippen LogP contribution is 2.08. The topological polar surface area (TPSA) is 46.6 Å². The minimum absolute atomic E-state index is 0.0644. The number of ether oxygens (including phenoxy) is 1. The molecule has 0 fully saturated rings. The Labute approximate surface area is 86.2 Å². The second kappa shape index (κ2) is 7.35. The zero-order chi connectivity index (χ0) is 11.8. The lowest BCUT2D eigenvalue weighted by Gasteiger charge is -2.23. The molecule has 0 aromatic rings. The molecule has 84 valence electrons. The van der Waals surface area contributed by atoms with Gasteiger partial charge in [0.1, 0.15) is 11.9 Å². The lowest BCUT2D eigenvalue weighted by molar-refractivity contribution is -0.108. The summed E-state index contributed by atoms with van der Waals surface area (Å²) < 4.78 is 4.98. The summed E-state index contributed by atoms with van der Waals surface area (Å²) in [6, 6.07) is 0. The van der Waals surface area contributed by atoms with Crippen LogP contribution in [0.2, 0.25) is 0 Å². The fraction of sp³-hybridized carbons (Fsp3) is 0.800. The maximum absolute atomic E-state index is 11.1. The van der Waals surface area contributed by atoms with Crippen molar-refractivity contribution < 1.29 is 14.3 Å². The van der Waals surface area contributed by atoms with Crippen LogP contribution in [0.3, 0.4) is 0 Å². The first kappa shape index (κ1) is 15.4. The van der Waals surface area contributed by atoms with Gasteiger partial charge in [-0.15, -0.1) is 0 Å². The number of carbonyl (C=O) groups is 2. The number of carbonyl (C=O) groups excluding carboxylic acids is 2. The van der Waals surface area contributed by atoms with Crippen LogP contribution < -0.4 is 0 Å². The van der Waals surface area contributed by atoms with Crippen molar-refractivity contribution in [1.29, 1.82) is 0 Å². The molecule has 0 bridgehead atoms. The molecule has 0 aliphatic carbocycles. The Morgan fingerprint density at radius 1 is 1.36 bits per heavy atom. The van der Waals surface area contributed by atoms with Gasteiger partial charge in [-0.3, -0.25) is 0 Å². The number of rotatable bonds is 2. The van der Waals surface area contributed by atoms with E-state index in [1.807, 2.05) is 13.8 Å². The predicted molar refractivity (Wildman–Crippen MR) is 56.3 cm³/mol. The van der Waals surface area contributed by atoms with Crippen LogP contribution in [-0.4, -0.2) is 36.5 Å². The van der Waals surface area contributed by atoms with Gasteiger partial charge in [-0.2, -0.15) is 0 Å². The minimum atomic E-state index is -0.506. The SMILES string of the molecule is CC.CN(CC=O)C(=O)OC(C)(C)C. The monoisotopic (exact) mass is 203 g/mol. The summed E-state index contributed by atoms with van der Waals surface area (Å²) in [5, 5.41) is 0. The first-order valence-corrected chi connectivity index (χ1v) is 4.74. The van der Waals surface area contributed by atoms with E-state index in [9.17, 15) is 9.59 Å². The lowest BCUT2D eigenvalue weighted by Crippen LogP contribution is -2.35. The minimum Gasteiger partial charge on any atom is -0.444 e. The van der Waals surface area contributed by atoms with E-state index in [0.717, 1.165) is 0 Å². The van der Waals surface area contributed by atoms with Crippen LogP contribution in [0, 0.1) is 0 Å². The van der Waals surface area contributed by atoms with E-state index >= 15 is 0 Å². The summed E-state index contributed by atoms with van der Waals surface area (Å²) in [5.41, 5.74) is -0.506. The predicted octanol–water partition coefficient (Wildman–Crippen LogP) is 2.08. The molecular formula is C10H21NO3. The Morgan fingerprint density at radius 3 is 2.07 bits per heavy atom. The van der Waals surface area contributed by atoms with Crippen LogP contribution >= 0.6 is 0 Å². The summed E-state index contributed by atoms with van der Waals surface area (Å²) in [6.45, 7) is 9.40. The Morgan fingerprint density at radius 2 is 1.79 bits per heavy atom. The summed E-state index contributed by atoms with van der Waals surface area (Å²) >= 11 is 0. The van der Waals surface area contributed by atoms with Crippen LogP contribution in [0.4, 0.5) is 4.79 Å². The first-order chi connectivity index (χ1) is 6.37. The highest BCUT2D eigenvalue weighted by atomic mass is 16.6. The van der Waals surface area contributed by atoms with Crippen molar-refractivity contribution in [1.82, 2.24) is 4.90 Å². The third kappa shape index (κ3) is 9.03. The van der Waals surface area contributed by atoms with E-state index in [0.29, 0.717) is 6.29 Å². The summed E-state index contributed by atoms with van der Waals surface area (Å²) in [7, 11) is 1.52. The summed E-state index contributed by atoms with van der Waals surface area (Å²) in [4.78, 5) is 22.3. The average molecular weight is 203 g/mol. The molecule has 0 spiro atoms. The Balaban J connectivity index is 0. The van der Waals surface area contributed by atoms with Crippen molar-refractivity contribution in [3.05, 3.63) is 0 Å². The van der Waals surface area contributed by atoms with Crippen LogP contribution in [0.25, 0.3) is 0 Å². The normalized spacial score (nSPS) is 9.57. The van der Waals surface area contributed by atoms with Gasteiger partial charge in [0.05, 0.1) is 6.54 Å². The molecule has 14 heavy (non-hydrogen) atoms. The number of aldehydes is 1. The maximum Gasteiger partial charge on any atom is 0.410 e. The van der Waals surface area contributed by atoms with Crippen LogP contribution in [0.15, 0.2) is 0 Å². The van der Waals surface area contributed by atoms with Crippen molar-refractivity contribution in [3.63, 3.8) is 0 Å². The fourth-order valence-corrected chi connectivity index (χ4v) is 0.526. The van der Waals surface area contributed by atoms with Gasteiger partial charge in [-0.1, -0.05) is 13.8 Å². The molecule has 0 heterocycles. The first-order valence-electron chi connectivity index (χ1n) is 4.74.